The summed E-state index contributed by atoms with van der Waals surface area (Å²) in [6.07, 6.45) is 4.38. The van der Waals surface area contributed by atoms with Crippen molar-refractivity contribution in [2.75, 3.05) is 11.9 Å². The summed E-state index contributed by atoms with van der Waals surface area (Å²) < 4.78 is 0. The third-order valence-electron chi connectivity index (χ3n) is 4.30. The number of carbonyl (C=O) groups is 1. The summed E-state index contributed by atoms with van der Waals surface area (Å²) in [7, 11) is 0. The summed E-state index contributed by atoms with van der Waals surface area (Å²) in [6, 6.07) is 2.04. The fourth-order valence-corrected chi connectivity index (χ4v) is 3.82. The molecule has 1 saturated heterocycles. The van der Waals surface area contributed by atoms with E-state index in [4.69, 9.17) is 0 Å². The van der Waals surface area contributed by atoms with Crippen LogP contribution in [0.25, 0.3) is 0 Å². The highest BCUT2D eigenvalue weighted by Gasteiger charge is 2.30. The number of nitrogens with one attached hydrogen (secondary N) is 2. The SMILES string of the molecule is Cc1n[nH]c(C)c1[C@@H]1CCCCCN1C(=O)Nc1ccsc1. The predicted octanol–water partition coefficient (Wildman–Crippen LogP) is 4.24. The molecular formula is C16H22N4OS. The zero-order chi connectivity index (χ0) is 15.5. The number of aryl methyl sites for hydroxylation is 2. The number of likely N-dealkylation sites (tertiary alicyclic amines) is 1. The van der Waals surface area contributed by atoms with E-state index in [2.05, 4.69) is 15.5 Å². The molecule has 6 heteroatoms. The van der Waals surface area contributed by atoms with Crippen molar-refractivity contribution in [3.05, 3.63) is 33.8 Å². The molecule has 0 aromatic carbocycles. The molecule has 0 saturated carbocycles. The van der Waals surface area contributed by atoms with Gasteiger partial charge in [-0.1, -0.05) is 12.8 Å². The van der Waals surface area contributed by atoms with Crippen molar-refractivity contribution in [3.8, 4) is 0 Å². The molecule has 3 rings (SSSR count). The molecule has 1 aliphatic heterocycles. The van der Waals surface area contributed by atoms with Gasteiger partial charge in [-0.15, -0.1) is 0 Å². The lowest BCUT2D eigenvalue weighted by molar-refractivity contribution is 0.189. The van der Waals surface area contributed by atoms with Gasteiger partial charge in [0.15, 0.2) is 0 Å². The van der Waals surface area contributed by atoms with Crippen LogP contribution in [0, 0.1) is 13.8 Å². The van der Waals surface area contributed by atoms with Crippen molar-refractivity contribution in [3.63, 3.8) is 0 Å². The van der Waals surface area contributed by atoms with Crippen molar-refractivity contribution in [1.29, 1.82) is 0 Å². The molecule has 22 heavy (non-hydrogen) atoms. The van der Waals surface area contributed by atoms with Crippen molar-refractivity contribution in [2.45, 2.75) is 45.6 Å². The molecule has 2 amide bonds. The molecule has 1 aliphatic rings. The van der Waals surface area contributed by atoms with Crippen LogP contribution in [0.15, 0.2) is 16.8 Å². The summed E-state index contributed by atoms with van der Waals surface area (Å²) >= 11 is 1.59. The third kappa shape index (κ3) is 3.02. The lowest BCUT2D eigenvalue weighted by Gasteiger charge is -2.30. The second kappa shape index (κ2) is 6.52. The highest BCUT2D eigenvalue weighted by atomic mass is 32.1. The van der Waals surface area contributed by atoms with Gasteiger partial charge in [-0.2, -0.15) is 16.4 Å². The first-order chi connectivity index (χ1) is 10.7. The van der Waals surface area contributed by atoms with E-state index in [1.54, 1.807) is 11.3 Å². The van der Waals surface area contributed by atoms with E-state index in [9.17, 15) is 4.79 Å². The van der Waals surface area contributed by atoms with Crippen LogP contribution in [-0.4, -0.2) is 27.7 Å². The number of aromatic nitrogens is 2. The van der Waals surface area contributed by atoms with Gasteiger partial charge in [-0.05, 0) is 38.1 Å². The number of H-pyrrole nitrogens is 1. The van der Waals surface area contributed by atoms with Gasteiger partial charge < -0.3 is 10.2 Å². The van der Waals surface area contributed by atoms with Crippen LogP contribution in [0.1, 0.15) is 48.7 Å². The molecule has 5 nitrogen and oxygen atoms in total. The Hall–Kier alpha value is -1.82. The molecule has 1 fully saturated rings. The highest BCUT2D eigenvalue weighted by Crippen LogP contribution is 2.33. The van der Waals surface area contributed by atoms with E-state index in [-0.39, 0.29) is 12.1 Å². The van der Waals surface area contributed by atoms with Gasteiger partial charge in [0.05, 0.1) is 17.4 Å². The standard InChI is InChI=1S/C16H22N4OS/c1-11-15(12(2)19-18-11)14-6-4-3-5-8-20(14)16(21)17-13-7-9-22-10-13/h7,9-10,14H,3-6,8H2,1-2H3,(H,17,21)(H,18,19)/t14-/m0/s1. The van der Waals surface area contributed by atoms with E-state index in [0.717, 1.165) is 42.9 Å². The molecule has 118 valence electrons. The predicted molar refractivity (Wildman–Crippen MR) is 89.3 cm³/mol. The molecule has 3 heterocycles. The summed E-state index contributed by atoms with van der Waals surface area (Å²) in [5, 5.41) is 14.3. The molecule has 0 unspecified atom stereocenters. The number of rotatable bonds is 2. The van der Waals surface area contributed by atoms with Gasteiger partial charge in [-0.3, -0.25) is 5.10 Å². The number of hydrogen-bond donors (Lipinski definition) is 2. The van der Waals surface area contributed by atoms with Crippen LogP contribution in [0.2, 0.25) is 0 Å². The Morgan fingerprint density at radius 3 is 2.95 bits per heavy atom. The normalized spacial score (nSPS) is 19.0. The number of amides is 2. The van der Waals surface area contributed by atoms with Crippen molar-refractivity contribution in [1.82, 2.24) is 15.1 Å². The maximum atomic E-state index is 12.7. The van der Waals surface area contributed by atoms with Gasteiger partial charge in [0.25, 0.3) is 0 Å². The Labute approximate surface area is 134 Å². The van der Waals surface area contributed by atoms with E-state index in [1.807, 2.05) is 35.6 Å². The van der Waals surface area contributed by atoms with Crippen LogP contribution < -0.4 is 5.32 Å². The minimum atomic E-state index is -0.00898. The lowest BCUT2D eigenvalue weighted by Crippen LogP contribution is -2.38. The van der Waals surface area contributed by atoms with Crippen molar-refractivity contribution < 1.29 is 4.79 Å². The van der Waals surface area contributed by atoms with Crippen LogP contribution in [0.5, 0.6) is 0 Å². The molecule has 0 radical (unpaired) electrons. The molecule has 2 aromatic heterocycles. The molecule has 0 aliphatic carbocycles. The van der Waals surface area contributed by atoms with Crippen molar-refractivity contribution in [2.24, 2.45) is 0 Å². The molecule has 0 spiro atoms. The topological polar surface area (TPSA) is 61.0 Å². The Morgan fingerprint density at radius 1 is 1.41 bits per heavy atom. The van der Waals surface area contributed by atoms with E-state index >= 15 is 0 Å². The maximum Gasteiger partial charge on any atom is 0.322 e. The van der Waals surface area contributed by atoms with Crippen LogP contribution >= 0.6 is 11.3 Å². The van der Waals surface area contributed by atoms with Gasteiger partial charge in [-0.25, -0.2) is 4.79 Å². The van der Waals surface area contributed by atoms with Crippen molar-refractivity contribution >= 4 is 23.1 Å². The Balaban J connectivity index is 1.86. The average Bonchev–Trinajstić information content (AvgIpc) is 3.03. The average molecular weight is 318 g/mol. The zero-order valence-corrected chi connectivity index (χ0v) is 13.9. The number of thiophene rings is 1. The van der Waals surface area contributed by atoms with E-state index in [1.165, 1.54) is 12.0 Å². The first-order valence-corrected chi connectivity index (χ1v) is 8.72. The number of nitrogens with zero attached hydrogens (tertiary/aromatic N) is 2. The van der Waals surface area contributed by atoms with Gasteiger partial charge in [0, 0.05) is 23.2 Å². The second-order valence-electron chi connectivity index (χ2n) is 5.85. The molecular weight excluding hydrogens is 296 g/mol. The molecule has 2 N–H and O–H groups in total. The molecule has 1 atom stereocenters. The third-order valence-corrected chi connectivity index (χ3v) is 4.99. The van der Waals surface area contributed by atoms with Crippen LogP contribution in [0.3, 0.4) is 0 Å². The van der Waals surface area contributed by atoms with Gasteiger partial charge in [0.1, 0.15) is 0 Å². The summed E-state index contributed by atoms with van der Waals surface area (Å²) in [5.41, 5.74) is 4.12. The quantitative estimate of drug-likeness (QED) is 0.870. The number of urea groups is 1. The number of carbonyl (C=O) groups excluding carboxylic acids is 1. The lowest BCUT2D eigenvalue weighted by atomic mass is 9.99. The second-order valence-corrected chi connectivity index (χ2v) is 6.63. The maximum absolute atomic E-state index is 12.7. The molecule has 0 bridgehead atoms. The Kier molecular flexibility index (Phi) is 4.47. The summed E-state index contributed by atoms with van der Waals surface area (Å²) in [5.74, 6) is 0. The number of hydrogen-bond acceptors (Lipinski definition) is 3. The largest absolute Gasteiger partial charge is 0.322 e. The van der Waals surface area contributed by atoms with Gasteiger partial charge in [0.2, 0.25) is 0 Å². The zero-order valence-electron chi connectivity index (χ0n) is 13.1. The molecule has 2 aromatic rings. The fraction of sp³-hybridized carbons (Fsp3) is 0.500. The highest BCUT2D eigenvalue weighted by molar-refractivity contribution is 7.08. The first kappa shape index (κ1) is 15.1. The first-order valence-electron chi connectivity index (χ1n) is 7.78. The smallest absolute Gasteiger partial charge is 0.317 e. The fourth-order valence-electron chi connectivity index (χ4n) is 3.23. The summed E-state index contributed by atoms with van der Waals surface area (Å²) in [6.45, 7) is 4.85. The number of anilines is 1. The van der Waals surface area contributed by atoms with Crippen LogP contribution in [-0.2, 0) is 0 Å². The Bertz CT molecular complexity index is 615. The monoisotopic (exact) mass is 318 g/mol. The van der Waals surface area contributed by atoms with Crippen LogP contribution in [0.4, 0.5) is 10.5 Å². The minimum absolute atomic E-state index is 0.00898. The van der Waals surface area contributed by atoms with E-state index in [0.29, 0.717) is 0 Å². The Morgan fingerprint density at radius 2 is 2.27 bits per heavy atom. The van der Waals surface area contributed by atoms with Gasteiger partial charge >= 0.3 is 6.03 Å². The minimum Gasteiger partial charge on any atom is -0.317 e. The summed E-state index contributed by atoms with van der Waals surface area (Å²) in [4.78, 5) is 14.7. The van der Waals surface area contributed by atoms with E-state index < -0.39 is 0 Å². The number of aromatic amines is 1.